The van der Waals surface area contributed by atoms with Gasteiger partial charge in [0.05, 0.1) is 0 Å². The first kappa shape index (κ1) is 9.51. The molecule has 0 N–H and O–H groups in total. The monoisotopic (exact) mass is 181 g/mol. The SMILES string of the molecule is CN(C)[C@H]1C[C@H]2CC[C@]1(C)C2(C)C. The van der Waals surface area contributed by atoms with Crippen LogP contribution in [0.5, 0.6) is 0 Å². The standard InChI is InChI=1S/C12H23N/c1-11(2)9-6-7-12(11,3)10(8-9)13(4)5/h9-10H,6-8H2,1-5H3/t9-,10+,12+/m1/s1. The van der Waals surface area contributed by atoms with E-state index in [1.165, 1.54) is 19.3 Å². The van der Waals surface area contributed by atoms with Crippen LogP contribution in [0.3, 0.4) is 0 Å². The Morgan fingerprint density at radius 2 is 1.77 bits per heavy atom. The van der Waals surface area contributed by atoms with Gasteiger partial charge >= 0.3 is 0 Å². The summed E-state index contributed by atoms with van der Waals surface area (Å²) in [6.45, 7) is 7.47. The fourth-order valence-electron chi connectivity index (χ4n) is 3.94. The Labute approximate surface area is 82.5 Å². The van der Waals surface area contributed by atoms with Gasteiger partial charge in [0, 0.05) is 6.04 Å². The van der Waals surface area contributed by atoms with Gasteiger partial charge in [-0.05, 0) is 50.1 Å². The van der Waals surface area contributed by atoms with E-state index in [0.29, 0.717) is 10.8 Å². The van der Waals surface area contributed by atoms with E-state index < -0.39 is 0 Å². The highest BCUT2D eigenvalue weighted by Gasteiger charge is 2.61. The molecule has 0 heterocycles. The molecule has 76 valence electrons. The van der Waals surface area contributed by atoms with Crippen LogP contribution in [-0.2, 0) is 0 Å². The average molecular weight is 181 g/mol. The lowest BCUT2D eigenvalue weighted by Crippen LogP contribution is -2.43. The Kier molecular flexibility index (Phi) is 1.83. The molecule has 0 spiro atoms. The van der Waals surface area contributed by atoms with Crippen LogP contribution in [0, 0.1) is 16.7 Å². The van der Waals surface area contributed by atoms with Crippen LogP contribution in [0.15, 0.2) is 0 Å². The molecule has 0 aliphatic heterocycles. The lowest BCUT2D eigenvalue weighted by Gasteiger charge is -2.42. The molecular weight excluding hydrogens is 158 g/mol. The maximum absolute atomic E-state index is 2.50. The third kappa shape index (κ3) is 0.971. The van der Waals surface area contributed by atoms with Crippen molar-refractivity contribution in [2.24, 2.45) is 16.7 Å². The van der Waals surface area contributed by atoms with Gasteiger partial charge in [-0.2, -0.15) is 0 Å². The van der Waals surface area contributed by atoms with Crippen molar-refractivity contribution in [2.75, 3.05) is 14.1 Å². The summed E-state index contributed by atoms with van der Waals surface area (Å²) in [4.78, 5) is 2.45. The van der Waals surface area contributed by atoms with E-state index in [1.807, 2.05) is 0 Å². The van der Waals surface area contributed by atoms with E-state index in [-0.39, 0.29) is 0 Å². The van der Waals surface area contributed by atoms with Gasteiger partial charge in [0.1, 0.15) is 0 Å². The van der Waals surface area contributed by atoms with E-state index in [0.717, 1.165) is 12.0 Å². The summed E-state index contributed by atoms with van der Waals surface area (Å²) in [7, 11) is 4.49. The first-order valence-electron chi connectivity index (χ1n) is 5.56. The molecule has 0 saturated heterocycles. The van der Waals surface area contributed by atoms with Crippen molar-refractivity contribution in [3.8, 4) is 0 Å². The van der Waals surface area contributed by atoms with Crippen LogP contribution in [0.1, 0.15) is 40.0 Å². The summed E-state index contributed by atoms with van der Waals surface area (Å²) in [5.74, 6) is 0.977. The zero-order chi connectivity index (χ0) is 9.85. The van der Waals surface area contributed by atoms with Gasteiger partial charge in [-0.3, -0.25) is 0 Å². The van der Waals surface area contributed by atoms with E-state index >= 15 is 0 Å². The lowest BCUT2D eigenvalue weighted by molar-refractivity contribution is 0.0715. The summed E-state index contributed by atoms with van der Waals surface area (Å²) in [5, 5.41) is 0. The van der Waals surface area contributed by atoms with Gasteiger partial charge in [-0.15, -0.1) is 0 Å². The average Bonchev–Trinajstić information content (AvgIpc) is 2.34. The first-order chi connectivity index (χ1) is 5.89. The molecule has 2 aliphatic carbocycles. The van der Waals surface area contributed by atoms with Crippen molar-refractivity contribution in [1.29, 1.82) is 0 Å². The summed E-state index contributed by atoms with van der Waals surface area (Å²) >= 11 is 0. The predicted molar refractivity (Wildman–Crippen MR) is 56.7 cm³/mol. The Morgan fingerprint density at radius 3 is 2.00 bits per heavy atom. The van der Waals surface area contributed by atoms with Gasteiger partial charge in [0.15, 0.2) is 0 Å². The second kappa shape index (κ2) is 2.50. The highest BCUT2D eigenvalue weighted by molar-refractivity contribution is 5.12. The van der Waals surface area contributed by atoms with E-state index in [9.17, 15) is 0 Å². The van der Waals surface area contributed by atoms with Crippen LogP contribution in [0.25, 0.3) is 0 Å². The zero-order valence-electron chi connectivity index (χ0n) is 9.72. The number of rotatable bonds is 1. The molecule has 2 rings (SSSR count). The van der Waals surface area contributed by atoms with Gasteiger partial charge in [0.25, 0.3) is 0 Å². The normalized spacial score (nSPS) is 47.5. The van der Waals surface area contributed by atoms with Crippen LogP contribution in [-0.4, -0.2) is 25.0 Å². The molecule has 2 aliphatic rings. The summed E-state index contributed by atoms with van der Waals surface area (Å²) < 4.78 is 0. The molecule has 0 aromatic carbocycles. The maximum atomic E-state index is 2.50. The Bertz CT molecular complexity index is 219. The Hall–Kier alpha value is -0.0400. The van der Waals surface area contributed by atoms with Crippen molar-refractivity contribution >= 4 is 0 Å². The highest BCUT2D eigenvalue weighted by atomic mass is 15.1. The minimum Gasteiger partial charge on any atom is -0.306 e. The van der Waals surface area contributed by atoms with Crippen molar-refractivity contribution in [1.82, 2.24) is 4.90 Å². The van der Waals surface area contributed by atoms with E-state index in [1.54, 1.807) is 0 Å². The minimum atomic E-state index is 0.571. The summed E-state index contributed by atoms with van der Waals surface area (Å²) in [5.41, 5.74) is 1.14. The van der Waals surface area contributed by atoms with Crippen molar-refractivity contribution < 1.29 is 0 Å². The third-order valence-corrected chi connectivity index (χ3v) is 5.37. The topological polar surface area (TPSA) is 3.24 Å². The molecule has 0 radical (unpaired) electrons. The molecule has 2 bridgehead atoms. The first-order valence-corrected chi connectivity index (χ1v) is 5.56. The van der Waals surface area contributed by atoms with Gasteiger partial charge in [-0.1, -0.05) is 20.8 Å². The highest BCUT2D eigenvalue weighted by Crippen LogP contribution is 2.66. The van der Waals surface area contributed by atoms with Crippen LogP contribution < -0.4 is 0 Å². The van der Waals surface area contributed by atoms with E-state index in [2.05, 4.69) is 39.8 Å². The number of fused-ring (bicyclic) bond motifs is 2. The molecule has 0 amide bonds. The number of hydrogen-bond acceptors (Lipinski definition) is 1. The molecule has 2 saturated carbocycles. The smallest absolute Gasteiger partial charge is 0.0151 e. The quantitative estimate of drug-likeness (QED) is 0.601. The summed E-state index contributed by atoms with van der Waals surface area (Å²) in [6, 6.07) is 0.821. The van der Waals surface area contributed by atoms with Gasteiger partial charge in [-0.25, -0.2) is 0 Å². The Balaban J connectivity index is 2.33. The molecule has 1 heteroatoms. The van der Waals surface area contributed by atoms with Crippen molar-refractivity contribution in [2.45, 2.75) is 46.1 Å². The van der Waals surface area contributed by atoms with Crippen molar-refractivity contribution in [3.63, 3.8) is 0 Å². The third-order valence-electron chi connectivity index (χ3n) is 5.37. The molecule has 0 unspecified atom stereocenters. The lowest BCUT2D eigenvalue weighted by atomic mass is 9.69. The fraction of sp³-hybridized carbons (Fsp3) is 1.00. The predicted octanol–water partition coefficient (Wildman–Crippen LogP) is 2.76. The molecule has 0 aromatic heterocycles. The van der Waals surface area contributed by atoms with Gasteiger partial charge < -0.3 is 4.90 Å². The van der Waals surface area contributed by atoms with Crippen LogP contribution in [0.4, 0.5) is 0 Å². The molecular formula is C12H23N. The van der Waals surface area contributed by atoms with Crippen molar-refractivity contribution in [3.05, 3.63) is 0 Å². The molecule has 13 heavy (non-hydrogen) atoms. The van der Waals surface area contributed by atoms with E-state index in [4.69, 9.17) is 0 Å². The van der Waals surface area contributed by atoms with Gasteiger partial charge in [0.2, 0.25) is 0 Å². The summed E-state index contributed by atoms with van der Waals surface area (Å²) in [6.07, 6.45) is 4.33. The minimum absolute atomic E-state index is 0.571. The Morgan fingerprint density at radius 1 is 1.15 bits per heavy atom. The number of nitrogens with zero attached hydrogens (tertiary/aromatic N) is 1. The molecule has 2 fully saturated rings. The van der Waals surface area contributed by atoms with Crippen LogP contribution >= 0.6 is 0 Å². The molecule has 0 aromatic rings. The number of hydrogen-bond donors (Lipinski definition) is 0. The fourth-order valence-corrected chi connectivity index (χ4v) is 3.94. The largest absolute Gasteiger partial charge is 0.306 e. The molecule has 1 nitrogen and oxygen atoms in total. The van der Waals surface area contributed by atoms with Crippen LogP contribution in [0.2, 0.25) is 0 Å². The second-order valence-corrected chi connectivity index (χ2v) is 6.09. The molecule has 3 atom stereocenters. The zero-order valence-corrected chi connectivity index (χ0v) is 9.72. The second-order valence-electron chi connectivity index (χ2n) is 6.09. The maximum Gasteiger partial charge on any atom is 0.0151 e.